The van der Waals surface area contributed by atoms with E-state index in [0.717, 1.165) is 44.4 Å². The van der Waals surface area contributed by atoms with Crippen LogP contribution in [0.3, 0.4) is 0 Å². The maximum atomic E-state index is 4.74. The molecule has 1 atom stereocenters. The largest absolute Gasteiger partial charge is 0.372 e. The van der Waals surface area contributed by atoms with Crippen molar-refractivity contribution >= 4 is 35.6 Å². The van der Waals surface area contributed by atoms with Crippen molar-refractivity contribution in [3.05, 3.63) is 42.0 Å². The van der Waals surface area contributed by atoms with Gasteiger partial charge in [-0.05, 0) is 44.4 Å². The van der Waals surface area contributed by atoms with E-state index >= 15 is 0 Å². The first-order chi connectivity index (χ1) is 13.7. The minimum absolute atomic E-state index is 0. The van der Waals surface area contributed by atoms with Crippen LogP contribution in [0.5, 0.6) is 0 Å². The number of aliphatic imine (C=N–C) groups is 1. The maximum absolute atomic E-state index is 4.74. The fraction of sp³-hybridized carbons (Fsp3) is 0.571. The average molecular weight is 511 g/mol. The second-order valence-corrected chi connectivity index (χ2v) is 7.21. The van der Waals surface area contributed by atoms with Gasteiger partial charge in [-0.2, -0.15) is 0 Å². The highest BCUT2D eigenvalue weighted by Gasteiger charge is 2.14. The molecule has 1 fully saturated rings. The van der Waals surface area contributed by atoms with E-state index in [0.29, 0.717) is 6.54 Å². The Morgan fingerprint density at radius 2 is 2.03 bits per heavy atom. The topological polar surface area (TPSA) is 70.4 Å². The van der Waals surface area contributed by atoms with Crippen LogP contribution in [0, 0.1) is 0 Å². The maximum Gasteiger partial charge on any atom is 0.191 e. The molecule has 2 heterocycles. The summed E-state index contributed by atoms with van der Waals surface area (Å²) < 4.78 is 2.07. The molecule has 0 bridgehead atoms. The van der Waals surface area contributed by atoms with Crippen LogP contribution in [0.25, 0.3) is 0 Å². The highest BCUT2D eigenvalue weighted by molar-refractivity contribution is 14.0. The highest BCUT2D eigenvalue weighted by Crippen LogP contribution is 2.23. The Bertz CT molecular complexity index is 768. The first-order valence-corrected chi connectivity index (χ1v) is 10.5. The van der Waals surface area contributed by atoms with E-state index in [9.17, 15) is 0 Å². The summed E-state index contributed by atoms with van der Waals surface area (Å²) in [5, 5.41) is 15.0. The number of aryl methyl sites for hydroxylation is 1. The molecule has 1 unspecified atom stereocenters. The molecule has 160 valence electrons. The van der Waals surface area contributed by atoms with Crippen molar-refractivity contribution < 1.29 is 0 Å². The second kappa shape index (κ2) is 12.0. The van der Waals surface area contributed by atoms with Crippen LogP contribution in [0.1, 0.15) is 51.0 Å². The molecular weight excluding hydrogens is 477 g/mol. The van der Waals surface area contributed by atoms with E-state index in [1.54, 1.807) is 6.33 Å². The summed E-state index contributed by atoms with van der Waals surface area (Å²) >= 11 is 0. The number of hydrogen-bond donors (Lipinski definition) is 2. The summed E-state index contributed by atoms with van der Waals surface area (Å²) in [7, 11) is 0. The fourth-order valence-electron chi connectivity index (χ4n) is 3.58. The van der Waals surface area contributed by atoms with Gasteiger partial charge in [-0.25, -0.2) is 0 Å². The molecule has 0 radical (unpaired) electrons. The van der Waals surface area contributed by atoms with E-state index in [1.165, 1.54) is 24.1 Å². The van der Waals surface area contributed by atoms with Crippen molar-refractivity contribution in [3.8, 4) is 0 Å². The third-order valence-corrected chi connectivity index (χ3v) is 5.16. The normalized spacial score (nSPS) is 15.1. The smallest absolute Gasteiger partial charge is 0.191 e. The predicted octanol–water partition coefficient (Wildman–Crippen LogP) is 3.38. The molecule has 0 amide bonds. The average Bonchev–Trinajstić information content (AvgIpc) is 3.40. The van der Waals surface area contributed by atoms with Gasteiger partial charge in [0.2, 0.25) is 0 Å². The summed E-state index contributed by atoms with van der Waals surface area (Å²) in [6.45, 7) is 11.0. The molecular formula is C21H34IN7. The fourth-order valence-corrected chi connectivity index (χ4v) is 3.58. The predicted molar refractivity (Wildman–Crippen MR) is 130 cm³/mol. The molecule has 2 N–H and O–H groups in total. The lowest BCUT2D eigenvalue weighted by molar-refractivity contribution is 0.649. The van der Waals surface area contributed by atoms with E-state index in [-0.39, 0.29) is 30.0 Å². The number of benzene rings is 1. The third kappa shape index (κ3) is 6.58. The number of nitrogens with one attached hydrogen (secondary N) is 2. The molecule has 0 spiro atoms. The number of aromatic nitrogens is 3. The van der Waals surface area contributed by atoms with Crippen LogP contribution < -0.4 is 15.5 Å². The highest BCUT2D eigenvalue weighted by atomic mass is 127. The zero-order valence-corrected chi connectivity index (χ0v) is 20.1. The first kappa shape index (κ1) is 23.4. The molecule has 3 rings (SSSR count). The van der Waals surface area contributed by atoms with Crippen LogP contribution in [0.2, 0.25) is 0 Å². The molecule has 1 aromatic heterocycles. The van der Waals surface area contributed by atoms with Gasteiger partial charge in [-0.15, -0.1) is 34.2 Å². The van der Waals surface area contributed by atoms with Crippen molar-refractivity contribution in [2.24, 2.45) is 4.99 Å². The van der Waals surface area contributed by atoms with Gasteiger partial charge in [-0.3, -0.25) is 4.99 Å². The SMILES string of the molecule is CCNC(=NCCn1cnnc1CC)NC(C)c1cccc(N2CCCC2)c1.I. The molecule has 29 heavy (non-hydrogen) atoms. The molecule has 1 aliphatic rings. The Labute approximate surface area is 191 Å². The van der Waals surface area contributed by atoms with Crippen LogP contribution >= 0.6 is 24.0 Å². The molecule has 0 saturated carbocycles. The summed E-state index contributed by atoms with van der Waals surface area (Å²) in [5.41, 5.74) is 2.60. The second-order valence-electron chi connectivity index (χ2n) is 7.21. The zero-order valence-electron chi connectivity index (χ0n) is 17.8. The Morgan fingerprint density at radius 1 is 1.24 bits per heavy atom. The molecule has 1 saturated heterocycles. The number of nitrogens with zero attached hydrogens (tertiary/aromatic N) is 5. The minimum Gasteiger partial charge on any atom is -0.372 e. The van der Waals surface area contributed by atoms with Crippen molar-refractivity contribution in [3.63, 3.8) is 0 Å². The van der Waals surface area contributed by atoms with E-state index in [2.05, 4.69) is 75.3 Å². The van der Waals surface area contributed by atoms with E-state index in [4.69, 9.17) is 4.99 Å². The lowest BCUT2D eigenvalue weighted by atomic mass is 10.1. The number of halogens is 1. The van der Waals surface area contributed by atoms with Gasteiger partial charge < -0.3 is 20.1 Å². The van der Waals surface area contributed by atoms with Crippen molar-refractivity contribution in [2.45, 2.75) is 52.6 Å². The molecule has 8 heteroatoms. The summed E-state index contributed by atoms with van der Waals surface area (Å²) in [6.07, 6.45) is 5.25. The lowest BCUT2D eigenvalue weighted by Gasteiger charge is -2.22. The van der Waals surface area contributed by atoms with E-state index < -0.39 is 0 Å². The number of rotatable bonds is 8. The minimum atomic E-state index is 0. The van der Waals surface area contributed by atoms with Gasteiger partial charge in [0, 0.05) is 38.3 Å². The van der Waals surface area contributed by atoms with Crippen molar-refractivity contribution in [1.82, 2.24) is 25.4 Å². The van der Waals surface area contributed by atoms with Crippen LogP contribution in [0.15, 0.2) is 35.6 Å². The van der Waals surface area contributed by atoms with Crippen LogP contribution in [-0.2, 0) is 13.0 Å². The van der Waals surface area contributed by atoms with Crippen LogP contribution in [0.4, 0.5) is 5.69 Å². The van der Waals surface area contributed by atoms with Crippen LogP contribution in [-0.4, -0.2) is 46.9 Å². The van der Waals surface area contributed by atoms with Gasteiger partial charge in [0.1, 0.15) is 12.2 Å². The Morgan fingerprint density at radius 3 is 2.76 bits per heavy atom. The zero-order chi connectivity index (χ0) is 19.8. The van der Waals surface area contributed by atoms with Crippen molar-refractivity contribution in [2.75, 3.05) is 31.1 Å². The quantitative estimate of drug-likeness (QED) is 0.323. The monoisotopic (exact) mass is 511 g/mol. The van der Waals surface area contributed by atoms with Gasteiger partial charge in [-0.1, -0.05) is 19.1 Å². The number of anilines is 1. The summed E-state index contributed by atoms with van der Waals surface area (Å²) in [4.78, 5) is 7.21. The third-order valence-electron chi connectivity index (χ3n) is 5.16. The lowest BCUT2D eigenvalue weighted by Crippen LogP contribution is -2.39. The Kier molecular flexibility index (Phi) is 9.69. The number of hydrogen-bond acceptors (Lipinski definition) is 4. The standard InChI is InChI=1S/C21H33N7.HI/c1-4-20-26-24-16-28(20)14-11-23-21(22-5-2)25-17(3)18-9-8-10-19(15-18)27-12-6-7-13-27;/h8-10,15-17H,4-7,11-14H2,1-3H3,(H2,22,23,25);1H. The van der Waals surface area contributed by atoms with E-state index in [1.807, 2.05) is 0 Å². The molecule has 0 aliphatic carbocycles. The summed E-state index contributed by atoms with van der Waals surface area (Å²) in [5.74, 6) is 1.84. The van der Waals surface area contributed by atoms with Crippen molar-refractivity contribution in [1.29, 1.82) is 0 Å². The molecule has 1 aliphatic heterocycles. The summed E-state index contributed by atoms with van der Waals surface area (Å²) in [6, 6.07) is 9.04. The van der Waals surface area contributed by atoms with Gasteiger partial charge >= 0.3 is 0 Å². The first-order valence-electron chi connectivity index (χ1n) is 10.5. The van der Waals surface area contributed by atoms with Gasteiger partial charge in [0.05, 0.1) is 12.6 Å². The Balaban J connectivity index is 0.00000300. The number of guanidine groups is 1. The molecule has 1 aromatic carbocycles. The van der Waals surface area contributed by atoms with Gasteiger partial charge in [0.15, 0.2) is 5.96 Å². The van der Waals surface area contributed by atoms with Gasteiger partial charge in [0.25, 0.3) is 0 Å². The Hall–Kier alpha value is -1.84. The molecule has 7 nitrogen and oxygen atoms in total. The molecule has 2 aromatic rings.